The molecule has 100 valence electrons. The van der Waals surface area contributed by atoms with Crippen molar-refractivity contribution in [3.05, 3.63) is 29.3 Å². The summed E-state index contributed by atoms with van der Waals surface area (Å²) >= 11 is 0. The van der Waals surface area contributed by atoms with Gasteiger partial charge in [0.25, 0.3) is 0 Å². The second-order valence-corrected chi connectivity index (χ2v) is 6.12. The number of benzene rings is 1. The zero-order valence-electron chi connectivity index (χ0n) is 12.0. The number of hydrogen-bond acceptors (Lipinski definition) is 2. The summed E-state index contributed by atoms with van der Waals surface area (Å²) in [5, 5.41) is 9.96. The first kappa shape index (κ1) is 13.4. The van der Waals surface area contributed by atoms with Crippen LogP contribution in [-0.2, 0) is 6.54 Å². The minimum absolute atomic E-state index is 0.429. The number of aryl methyl sites for hydroxylation is 1. The monoisotopic (exact) mass is 247 g/mol. The highest BCUT2D eigenvalue weighted by Gasteiger charge is 2.28. The second kappa shape index (κ2) is 5.31. The first-order chi connectivity index (χ1) is 8.47. The number of phenolic OH excluding ortho intramolecular Hbond substituents is 1. The summed E-state index contributed by atoms with van der Waals surface area (Å²) in [4.78, 5) is 2.51. The van der Waals surface area contributed by atoms with Crippen molar-refractivity contribution in [1.29, 1.82) is 0 Å². The van der Waals surface area contributed by atoms with Crippen LogP contribution in [0.2, 0.25) is 0 Å². The fourth-order valence-corrected chi connectivity index (χ4v) is 3.10. The molecule has 2 heteroatoms. The summed E-state index contributed by atoms with van der Waals surface area (Å²) in [7, 11) is 0. The lowest BCUT2D eigenvalue weighted by atomic mass is 9.85. The normalized spacial score (nSPS) is 29.4. The number of phenols is 1. The average Bonchev–Trinajstić information content (AvgIpc) is 2.30. The van der Waals surface area contributed by atoms with E-state index >= 15 is 0 Å². The number of piperidine rings is 1. The molecule has 1 aromatic carbocycles. The quantitative estimate of drug-likeness (QED) is 0.863. The van der Waals surface area contributed by atoms with Gasteiger partial charge in [0.1, 0.15) is 5.75 Å². The topological polar surface area (TPSA) is 23.5 Å². The number of aromatic hydroxyl groups is 1. The van der Waals surface area contributed by atoms with Crippen molar-refractivity contribution in [2.45, 2.75) is 46.7 Å². The maximum atomic E-state index is 9.96. The highest BCUT2D eigenvalue weighted by Crippen LogP contribution is 2.30. The van der Waals surface area contributed by atoms with Crippen LogP contribution in [0.1, 0.15) is 38.3 Å². The van der Waals surface area contributed by atoms with E-state index in [1.165, 1.54) is 12.0 Å². The molecule has 0 spiro atoms. The maximum absolute atomic E-state index is 9.96. The molecular formula is C16H25NO. The van der Waals surface area contributed by atoms with Crippen molar-refractivity contribution in [2.24, 2.45) is 11.8 Å². The van der Waals surface area contributed by atoms with Crippen LogP contribution in [0.15, 0.2) is 18.2 Å². The van der Waals surface area contributed by atoms with Gasteiger partial charge in [-0.3, -0.25) is 4.90 Å². The average molecular weight is 247 g/mol. The Balaban J connectivity index is 2.14. The third-order valence-corrected chi connectivity index (χ3v) is 4.33. The Hall–Kier alpha value is -1.02. The number of rotatable bonds is 2. The molecule has 2 rings (SSSR count). The van der Waals surface area contributed by atoms with Crippen LogP contribution in [0.25, 0.3) is 0 Å². The molecule has 2 nitrogen and oxygen atoms in total. The van der Waals surface area contributed by atoms with Gasteiger partial charge in [-0.15, -0.1) is 0 Å². The Kier molecular flexibility index (Phi) is 3.96. The van der Waals surface area contributed by atoms with Crippen molar-refractivity contribution in [3.8, 4) is 5.75 Å². The minimum atomic E-state index is 0.429. The summed E-state index contributed by atoms with van der Waals surface area (Å²) in [6, 6.07) is 6.48. The summed E-state index contributed by atoms with van der Waals surface area (Å²) < 4.78 is 0. The molecule has 1 aliphatic heterocycles. The van der Waals surface area contributed by atoms with Crippen molar-refractivity contribution in [1.82, 2.24) is 4.90 Å². The summed E-state index contributed by atoms with van der Waals surface area (Å²) in [6.45, 7) is 11.0. The Morgan fingerprint density at radius 2 is 2.00 bits per heavy atom. The standard InChI is InChI=1S/C16H25NO/c1-11-5-6-16(18)15(8-11)10-17-9-12(2)7-13(3)14(17)4/h5-6,8,12-14,18H,7,9-10H2,1-4H3. The fourth-order valence-electron chi connectivity index (χ4n) is 3.10. The van der Waals surface area contributed by atoms with E-state index in [0.29, 0.717) is 11.8 Å². The van der Waals surface area contributed by atoms with Crippen molar-refractivity contribution in [3.63, 3.8) is 0 Å². The molecule has 1 N–H and O–H groups in total. The zero-order valence-corrected chi connectivity index (χ0v) is 12.0. The van der Waals surface area contributed by atoms with Gasteiger partial charge in [-0.2, -0.15) is 0 Å². The minimum Gasteiger partial charge on any atom is -0.508 e. The van der Waals surface area contributed by atoms with E-state index in [-0.39, 0.29) is 0 Å². The Morgan fingerprint density at radius 3 is 2.72 bits per heavy atom. The van der Waals surface area contributed by atoms with E-state index in [9.17, 15) is 5.11 Å². The molecule has 3 unspecified atom stereocenters. The highest BCUT2D eigenvalue weighted by atomic mass is 16.3. The molecule has 0 bridgehead atoms. The summed E-state index contributed by atoms with van der Waals surface area (Å²) in [5.74, 6) is 1.92. The molecule has 0 aliphatic carbocycles. The molecule has 3 atom stereocenters. The van der Waals surface area contributed by atoms with Crippen LogP contribution in [0.5, 0.6) is 5.75 Å². The number of nitrogens with zero attached hydrogens (tertiary/aromatic N) is 1. The predicted molar refractivity (Wildman–Crippen MR) is 75.7 cm³/mol. The van der Waals surface area contributed by atoms with Gasteiger partial charge in [0, 0.05) is 24.7 Å². The highest BCUT2D eigenvalue weighted by molar-refractivity contribution is 5.35. The van der Waals surface area contributed by atoms with E-state index in [1.807, 2.05) is 12.1 Å². The van der Waals surface area contributed by atoms with E-state index in [1.54, 1.807) is 0 Å². The molecule has 1 fully saturated rings. The van der Waals surface area contributed by atoms with Crippen molar-refractivity contribution < 1.29 is 5.11 Å². The van der Waals surface area contributed by atoms with E-state index in [2.05, 4.69) is 38.7 Å². The summed E-state index contributed by atoms with van der Waals surface area (Å²) in [5.41, 5.74) is 2.27. The van der Waals surface area contributed by atoms with Crippen molar-refractivity contribution >= 4 is 0 Å². The van der Waals surface area contributed by atoms with E-state index in [0.717, 1.165) is 30.5 Å². The van der Waals surface area contributed by atoms with Gasteiger partial charge in [0.15, 0.2) is 0 Å². The molecule has 0 radical (unpaired) electrons. The lowest BCUT2D eigenvalue weighted by molar-refractivity contribution is 0.0723. The van der Waals surface area contributed by atoms with Gasteiger partial charge in [0.2, 0.25) is 0 Å². The van der Waals surface area contributed by atoms with Crippen LogP contribution in [-0.4, -0.2) is 22.6 Å². The first-order valence-electron chi connectivity index (χ1n) is 7.00. The fraction of sp³-hybridized carbons (Fsp3) is 0.625. The molecule has 0 amide bonds. The molecule has 18 heavy (non-hydrogen) atoms. The smallest absolute Gasteiger partial charge is 0.120 e. The third kappa shape index (κ3) is 2.86. The van der Waals surface area contributed by atoms with Crippen LogP contribution >= 0.6 is 0 Å². The van der Waals surface area contributed by atoms with Crippen molar-refractivity contribution in [2.75, 3.05) is 6.54 Å². The molecule has 1 aromatic rings. The Morgan fingerprint density at radius 1 is 1.28 bits per heavy atom. The predicted octanol–water partition coefficient (Wildman–Crippen LogP) is 3.57. The molecule has 1 saturated heterocycles. The van der Waals surface area contributed by atoms with Crippen LogP contribution in [0.4, 0.5) is 0 Å². The van der Waals surface area contributed by atoms with Gasteiger partial charge in [-0.1, -0.05) is 31.5 Å². The Bertz CT molecular complexity index is 416. The largest absolute Gasteiger partial charge is 0.508 e. The molecule has 0 aromatic heterocycles. The molecule has 0 saturated carbocycles. The van der Waals surface area contributed by atoms with Crippen LogP contribution < -0.4 is 0 Å². The molecule has 1 heterocycles. The lowest BCUT2D eigenvalue weighted by Gasteiger charge is -2.41. The van der Waals surface area contributed by atoms with Crippen LogP contribution in [0, 0.1) is 18.8 Å². The maximum Gasteiger partial charge on any atom is 0.120 e. The lowest BCUT2D eigenvalue weighted by Crippen LogP contribution is -2.45. The third-order valence-electron chi connectivity index (χ3n) is 4.33. The van der Waals surface area contributed by atoms with Gasteiger partial charge < -0.3 is 5.11 Å². The second-order valence-electron chi connectivity index (χ2n) is 6.12. The van der Waals surface area contributed by atoms with Gasteiger partial charge >= 0.3 is 0 Å². The first-order valence-corrected chi connectivity index (χ1v) is 7.00. The number of likely N-dealkylation sites (tertiary alicyclic amines) is 1. The van der Waals surface area contributed by atoms with Gasteiger partial charge in [0.05, 0.1) is 0 Å². The zero-order chi connectivity index (χ0) is 13.3. The molecular weight excluding hydrogens is 222 g/mol. The van der Waals surface area contributed by atoms with E-state index < -0.39 is 0 Å². The summed E-state index contributed by atoms with van der Waals surface area (Å²) in [6.07, 6.45) is 1.32. The van der Waals surface area contributed by atoms with Gasteiger partial charge in [-0.05, 0) is 38.2 Å². The van der Waals surface area contributed by atoms with E-state index in [4.69, 9.17) is 0 Å². The van der Waals surface area contributed by atoms with Gasteiger partial charge in [-0.25, -0.2) is 0 Å². The molecule has 1 aliphatic rings. The Labute approximate surface area is 111 Å². The van der Waals surface area contributed by atoms with Crippen LogP contribution in [0.3, 0.4) is 0 Å². The SMILES string of the molecule is Cc1ccc(O)c(CN2CC(C)CC(C)C2C)c1. The number of hydrogen-bond donors (Lipinski definition) is 1.